The van der Waals surface area contributed by atoms with E-state index >= 15 is 0 Å². The molecule has 0 saturated heterocycles. The van der Waals surface area contributed by atoms with Gasteiger partial charge in [-0.1, -0.05) is 0 Å². The van der Waals surface area contributed by atoms with Crippen LogP contribution in [0.1, 0.15) is 5.56 Å². The fourth-order valence-electron chi connectivity index (χ4n) is 1.46. The van der Waals surface area contributed by atoms with Gasteiger partial charge >= 0.3 is 6.18 Å². The molecule has 1 heterocycles. The minimum Gasteiger partial charge on any atom is -0.456 e. The third kappa shape index (κ3) is 3.37. The quantitative estimate of drug-likeness (QED) is 0.915. The normalized spacial score (nSPS) is 11.2. The molecule has 0 unspecified atom stereocenters. The summed E-state index contributed by atoms with van der Waals surface area (Å²) in [5, 5.41) is 2.89. The highest BCUT2D eigenvalue weighted by Gasteiger charge is 2.30. The van der Waals surface area contributed by atoms with Gasteiger partial charge in [-0.25, -0.2) is 0 Å². The van der Waals surface area contributed by atoms with Crippen molar-refractivity contribution in [2.45, 2.75) is 6.18 Å². The molecule has 6 heteroatoms. The summed E-state index contributed by atoms with van der Waals surface area (Å²) >= 11 is 0. The molecule has 3 nitrogen and oxygen atoms in total. The van der Waals surface area contributed by atoms with Crippen molar-refractivity contribution in [1.82, 2.24) is 4.98 Å². The highest BCUT2D eigenvalue weighted by atomic mass is 19.4. The Labute approximate surface area is 108 Å². The molecular weight excluding hydrogens is 257 g/mol. The minimum atomic E-state index is -4.34. The third-order valence-electron chi connectivity index (χ3n) is 2.42. The van der Waals surface area contributed by atoms with Crippen molar-refractivity contribution in [3.8, 4) is 11.5 Å². The van der Waals surface area contributed by atoms with Crippen LogP contribution in [0.4, 0.5) is 18.9 Å². The number of nitrogens with zero attached hydrogens (tertiary/aromatic N) is 1. The lowest BCUT2D eigenvalue weighted by atomic mass is 10.2. The summed E-state index contributed by atoms with van der Waals surface area (Å²) in [5.74, 6) is 0.773. The largest absolute Gasteiger partial charge is 0.456 e. The van der Waals surface area contributed by atoms with Crippen molar-refractivity contribution < 1.29 is 17.9 Å². The van der Waals surface area contributed by atoms with Crippen LogP contribution >= 0.6 is 0 Å². The Morgan fingerprint density at radius 2 is 1.74 bits per heavy atom. The summed E-state index contributed by atoms with van der Waals surface area (Å²) in [4.78, 5) is 3.94. The standard InChI is InChI=1S/C13H11F3N2O/c1-17-10-6-12(8-18-7-10)19-11-4-2-9(3-5-11)13(14,15)16/h2-8,17H,1H3. The first-order valence-corrected chi connectivity index (χ1v) is 5.47. The number of hydrogen-bond donors (Lipinski definition) is 1. The second-order valence-electron chi connectivity index (χ2n) is 3.78. The van der Waals surface area contributed by atoms with Crippen LogP contribution in [0, 0.1) is 0 Å². The number of hydrogen-bond acceptors (Lipinski definition) is 3. The monoisotopic (exact) mass is 268 g/mol. The third-order valence-corrected chi connectivity index (χ3v) is 2.42. The molecule has 0 radical (unpaired) electrons. The molecule has 0 spiro atoms. The molecule has 1 aromatic heterocycles. The summed E-state index contributed by atoms with van der Waals surface area (Å²) < 4.78 is 42.6. The maximum Gasteiger partial charge on any atom is 0.416 e. The summed E-state index contributed by atoms with van der Waals surface area (Å²) in [5.41, 5.74) is 0.0476. The van der Waals surface area contributed by atoms with Crippen molar-refractivity contribution in [2.75, 3.05) is 12.4 Å². The topological polar surface area (TPSA) is 34.2 Å². The highest BCUT2D eigenvalue weighted by molar-refractivity contribution is 5.45. The van der Waals surface area contributed by atoms with Crippen LogP contribution in [-0.2, 0) is 6.18 Å². The predicted molar refractivity (Wildman–Crippen MR) is 65.3 cm³/mol. The lowest BCUT2D eigenvalue weighted by Crippen LogP contribution is -2.04. The Bertz CT molecular complexity index is 553. The molecule has 1 N–H and O–H groups in total. The molecule has 0 aliphatic rings. The van der Waals surface area contributed by atoms with E-state index in [-0.39, 0.29) is 0 Å². The Morgan fingerprint density at radius 1 is 1.05 bits per heavy atom. The van der Waals surface area contributed by atoms with Gasteiger partial charge in [0, 0.05) is 13.1 Å². The highest BCUT2D eigenvalue weighted by Crippen LogP contribution is 2.31. The SMILES string of the molecule is CNc1cncc(Oc2ccc(C(F)(F)F)cc2)c1. The van der Waals surface area contributed by atoms with Crippen molar-refractivity contribution in [1.29, 1.82) is 0 Å². The van der Waals surface area contributed by atoms with E-state index in [1.807, 2.05) is 0 Å². The minimum absolute atomic E-state index is 0.322. The summed E-state index contributed by atoms with van der Waals surface area (Å²) in [6.07, 6.45) is -1.25. The van der Waals surface area contributed by atoms with Crippen molar-refractivity contribution in [2.24, 2.45) is 0 Å². The molecule has 1 aromatic carbocycles. The number of anilines is 1. The van der Waals surface area contributed by atoms with E-state index in [9.17, 15) is 13.2 Å². The molecule has 0 amide bonds. The van der Waals surface area contributed by atoms with Crippen molar-refractivity contribution in [3.63, 3.8) is 0 Å². The van der Waals surface area contributed by atoms with Gasteiger partial charge in [0.15, 0.2) is 0 Å². The maximum atomic E-state index is 12.4. The van der Waals surface area contributed by atoms with Crippen LogP contribution in [0.3, 0.4) is 0 Å². The van der Waals surface area contributed by atoms with Gasteiger partial charge in [0.25, 0.3) is 0 Å². The van der Waals surface area contributed by atoms with Gasteiger partial charge in [-0.2, -0.15) is 13.2 Å². The zero-order valence-electron chi connectivity index (χ0n) is 10.0. The second kappa shape index (κ2) is 5.17. The number of pyridine rings is 1. The van der Waals surface area contributed by atoms with Gasteiger partial charge < -0.3 is 10.1 Å². The van der Waals surface area contributed by atoms with Gasteiger partial charge in [-0.3, -0.25) is 4.98 Å². The van der Waals surface area contributed by atoms with E-state index < -0.39 is 11.7 Å². The van der Waals surface area contributed by atoms with Crippen LogP contribution < -0.4 is 10.1 Å². The van der Waals surface area contributed by atoms with Crippen LogP contribution in [-0.4, -0.2) is 12.0 Å². The van der Waals surface area contributed by atoms with E-state index in [4.69, 9.17) is 4.74 Å². The van der Waals surface area contributed by atoms with Gasteiger partial charge in [0.2, 0.25) is 0 Å². The number of aromatic nitrogens is 1. The van der Waals surface area contributed by atoms with E-state index in [0.717, 1.165) is 17.8 Å². The van der Waals surface area contributed by atoms with Crippen LogP contribution in [0.5, 0.6) is 11.5 Å². The predicted octanol–water partition coefficient (Wildman–Crippen LogP) is 3.93. The Balaban J connectivity index is 2.15. The first-order chi connectivity index (χ1) is 8.99. The first kappa shape index (κ1) is 13.2. The van der Waals surface area contributed by atoms with E-state index in [1.165, 1.54) is 18.3 Å². The van der Waals surface area contributed by atoms with Crippen LogP contribution in [0.2, 0.25) is 0 Å². The van der Waals surface area contributed by atoms with E-state index in [2.05, 4.69) is 10.3 Å². The number of rotatable bonds is 3. The fraction of sp³-hybridized carbons (Fsp3) is 0.154. The Hall–Kier alpha value is -2.24. The molecular formula is C13H11F3N2O. The molecule has 2 rings (SSSR count). The Kier molecular flexibility index (Phi) is 3.59. The van der Waals surface area contributed by atoms with Crippen molar-refractivity contribution >= 4 is 5.69 Å². The zero-order chi connectivity index (χ0) is 13.9. The molecule has 0 aliphatic heterocycles. The summed E-state index contributed by atoms with van der Waals surface area (Å²) in [6.45, 7) is 0. The summed E-state index contributed by atoms with van der Waals surface area (Å²) in [6, 6.07) is 6.20. The lowest BCUT2D eigenvalue weighted by molar-refractivity contribution is -0.137. The van der Waals surface area contributed by atoms with Gasteiger partial charge in [-0.15, -0.1) is 0 Å². The van der Waals surface area contributed by atoms with Crippen LogP contribution in [0.25, 0.3) is 0 Å². The molecule has 0 saturated carbocycles. The number of ether oxygens (including phenoxy) is 1. The lowest BCUT2D eigenvalue weighted by Gasteiger charge is -2.09. The van der Waals surface area contributed by atoms with Crippen molar-refractivity contribution in [3.05, 3.63) is 48.3 Å². The second-order valence-corrected chi connectivity index (χ2v) is 3.78. The van der Waals surface area contributed by atoms with Gasteiger partial charge in [0.1, 0.15) is 11.5 Å². The first-order valence-electron chi connectivity index (χ1n) is 5.47. The number of halogens is 3. The van der Waals surface area contributed by atoms with Gasteiger partial charge in [-0.05, 0) is 24.3 Å². The van der Waals surface area contributed by atoms with E-state index in [0.29, 0.717) is 11.5 Å². The molecule has 2 aromatic rings. The fourth-order valence-corrected chi connectivity index (χ4v) is 1.46. The molecule has 0 atom stereocenters. The molecule has 0 bridgehead atoms. The Morgan fingerprint density at radius 3 is 2.32 bits per heavy atom. The number of nitrogens with one attached hydrogen (secondary N) is 1. The average Bonchev–Trinajstić information content (AvgIpc) is 2.38. The van der Waals surface area contributed by atoms with Crippen LogP contribution in [0.15, 0.2) is 42.7 Å². The maximum absolute atomic E-state index is 12.4. The molecule has 0 aliphatic carbocycles. The molecule has 100 valence electrons. The molecule has 19 heavy (non-hydrogen) atoms. The number of benzene rings is 1. The van der Waals surface area contributed by atoms with E-state index in [1.54, 1.807) is 19.3 Å². The average molecular weight is 268 g/mol. The molecule has 0 fully saturated rings. The smallest absolute Gasteiger partial charge is 0.416 e. The summed E-state index contributed by atoms with van der Waals surface area (Å²) in [7, 11) is 1.74. The zero-order valence-corrected chi connectivity index (χ0v) is 10.0. The number of alkyl halides is 3. The van der Waals surface area contributed by atoms with Gasteiger partial charge in [0.05, 0.1) is 23.6 Å².